The van der Waals surface area contributed by atoms with Crippen molar-refractivity contribution in [2.24, 2.45) is 0 Å². The Morgan fingerprint density at radius 1 is 1.15 bits per heavy atom. The molecule has 0 aliphatic rings. The molecule has 1 aromatic rings. The minimum Gasteiger partial charge on any atom is -0.465 e. The maximum Gasteiger partial charge on any atom is 0.412 e. The number of ether oxygens (including phenoxy) is 2. The number of anilines is 1. The minimum atomic E-state index is -0.649. The third-order valence-electron chi connectivity index (χ3n) is 2.08. The monoisotopic (exact) mass is 319 g/mol. The first-order valence-corrected chi connectivity index (χ1v) is 6.47. The van der Waals surface area contributed by atoms with E-state index in [4.69, 9.17) is 27.9 Å². The smallest absolute Gasteiger partial charge is 0.412 e. The fourth-order valence-corrected chi connectivity index (χ4v) is 2.01. The van der Waals surface area contributed by atoms with Crippen LogP contribution in [0.1, 0.15) is 31.1 Å². The summed E-state index contributed by atoms with van der Waals surface area (Å²) in [4.78, 5) is 23.1. The number of carbonyl (C=O) groups excluding carboxylic acids is 2. The van der Waals surface area contributed by atoms with E-state index in [1.54, 1.807) is 20.8 Å². The molecule has 0 unspecified atom stereocenters. The molecular formula is C13H15Cl2NO4. The molecule has 0 fully saturated rings. The zero-order valence-electron chi connectivity index (χ0n) is 11.5. The minimum absolute atomic E-state index is 0.0468. The first-order valence-electron chi connectivity index (χ1n) is 5.71. The maximum atomic E-state index is 11.6. The molecule has 0 saturated heterocycles. The molecule has 0 aliphatic carbocycles. The van der Waals surface area contributed by atoms with Gasteiger partial charge in [-0.1, -0.05) is 23.2 Å². The van der Waals surface area contributed by atoms with E-state index in [2.05, 4.69) is 10.1 Å². The molecule has 0 bridgehead atoms. The van der Waals surface area contributed by atoms with Crippen LogP contribution in [-0.4, -0.2) is 24.8 Å². The van der Waals surface area contributed by atoms with Crippen LogP contribution in [0, 0.1) is 0 Å². The van der Waals surface area contributed by atoms with Gasteiger partial charge in [0.2, 0.25) is 0 Å². The van der Waals surface area contributed by atoms with Gasteiger partial charge in [0.05, 0.1) is 22.7 Å². The zero-order valence-corrected chi connectivity index (χ0v) is 13.1. The summed E-state index contributed by atoms with van der Waals surface area (Å²) >= 11 is 11.9. The summed E-state index contributed by atoms with van der Waals surface area (Å²) in [7, 11) is 1.22. The molecule has 5 nitrogen and oxygen atoms in total. The highest BCUT2D eigenvalue weighted by molar-refractivity contribution is 6.39. The number of nitrogens with one attached hydrogen (secondary N) is 1. The van der Waals surface area contributed by atoms with Gasteiger partial charge < -0.3 is 9.47 Å². The Balaban J connectivity index is 2.95. The summed E-state index contributed by atoms with van der Waals surface area (Å²) in [6, 6.07) is 2.78. The summed E-state index contributed by atoms with van der Waals surface area (Å²) in [6.07, 6.45) is -0.643. The number of carbonyl (C=O) groups is 2. The maximum absolute atomic E-state index is 11.6. The molecular weight excluding hydrogens is 305 g/mol. The number of rotatable bonds is 2. The largest absolute Gasteiger partial charge is 0.465 e. The van der Waals surface area contributed by atoms with Crippen LogP contribution < -0.4 is 5.32 Å². The lowest BCUT2D eigenvalue weighted by molar-refractivity contribution is 0.0599. The van der Waals surface area contributed by atoms with Gasteiger partial charge in [-0.3, -0.25) is 5.32 Å². The Hall–Kier alpha value is -1.46. The van der Waals surface area contributed by atoms with Crippen LogP contribution in [0.3, 0.4) is 0 Å². The molecule has 1 amide bonds. The van der Waals surface area contributed by atoms with Crippen molar-refractivity contribution in [2.45, 2.75) is 26.4 Å². The van der Waals surface area contributed by atoms with Crippen LogP contribution in [0.4, 0.5) is 10.5 Å². The third-order valence-corrected chi connectivity index (χ3v) is 2.67. The molecule has 0 heterocycles. The van der Waals surface area contributed by atoms with Gasteiger partial charge in [-0.2, -0.15) is 0 Å². The first kappa shape index (κ1) is 16.6. The number of esters is 1. The van der Waals surface area contributed by atoms with Gasteiger partial charge in [0, 0.05) is 5.69 Å². The van der Waals surface area contributed by atoms with Gasteiger partial charge in [0.25, 0.3) is 0 Å². The van der Waals surface area contributed by atoms with Crippen LogP contribution >= 0.6 is 23.2 Å². The van der Waals surface area contributed by atoms with Crippen LogP contribution in [0.25, 0.3) is 0 Å². The van der Waals surface area contributed by atoms with Gasteiger partial charge in [-0.25, -0.2) is 9.59 Å². The van der Waals surface area contributed by atoms with E-state index in [1.165, 1.54) is 19.2 Å². The van der Waals surface area contributed by atoms with Gasteiger partial charge in [-0.15, -0.1) is 0 Å². The number of amides is 1. The van der Waals surface area contributed by atoms with Crippen LogP contribution in [0.15, 0.2) is 12.1 Å². The van der Waals surface area contributed by atoms with Crippen molar-refractivity contribution < 1.29 is 19.1 Å². The highest BCUT2D eigenvalue weighted by Crippen LogP contribution is 2.29. The SMILES string of the molecule is COC(=O)c1c(Cl)cc(NC(=O)OC(C)(C)C)cc1Cl. The number of methoxy groups -OCH3 is 1. The fourth-order valence-electron chi connectivity index (χ4n) is 1.36. The van der Waals surface area contributed by atoms with Gasteiger partial charge in [-0.05, 0) is 32.9 Å². The average molecular weight is 320 g/mol. The highest BCUT2D eigenvalue weighted by Gasteiger charge is 2.19. The summed E-state index contributed by atoms with van der Waals surface area (Å²) < 4.78 is 9.66. The highest BCUT2D eigenvalue weighted by atomic mass is 35.5. The molecule has 20 heavy (non-hydrogen) atoms. The van der Waals surface area contributed by atoms with E-state index in [-0.39, 0.29) is 15.6 Å². The molecule has 110 valence electrons. The Morgan fingerprint density at radius 3 is 2.05 bits per heavy atom. The lowest BCUT2D eigenvalue weighted by Gasteiger charge is -2.20. The second-order valence-corrected chi connectivity index (χ2v) is 5.75. The van der Waals surface area contributed by atoms with Crippen molar-refractivity contribution in [1.82, 2.24) is 0 Å². The second-order valence-electron chi connectivity index (χ2n) is 4.93. The number of halogens is 2. The Labute approximate surface area is 127 Å². The molecule has 0 saturated carbocycles. The molecule has 0 atom stereocenters. The zero-order chi connectivity index (χ0) is 15.5. The lowest BCUT2D eigenvalue weighted by Crippen LogP contribution is -2.27. The molecule has 0 spiro atoms. The van der Waals surface area contributed by atoms with Gasteiger partial charge in [0.15, 0.2) is 0 Å². The fraction of sp³-hybridized carbons (Fsp3) is 0.385. The molecule has 0 aliphatic heterocycles. The third kappa shape index (κ3) is 4.58. The van der Waals surface area contributed by atoms with Crippen LogP contribution in [-0.2, 0) is 9.47 Å². The van der Waals surface area contributed by atoms with Crippen LogP contribution in [0.2, 0.25) is 10.0 Å². The molecule has 0 aromatic heterocycles. The summed E-state index contributed by atoms with van der Waals surface area (Å²) in [6.45, 7) is 5.23. The normalized spacial score (nSPS) is 10.9. The van der Waals surface area contributed by atoms with E-state index >= 15 is 0 Å². The van der Waals surface area contributed by atoms with E-state index in [0.717, 1.165) is 0 Å². The Bertz CT molecular complexity index is 515. The standard InChI is InChI=1S/C13H15Cl2NO4/c1-13(2,3)20-12(18)16-7-5-8(14)10(9(15)6-7)11(17)19-4/h5-6H,1-4H3,(H,16,18). The Kier molecular flexibility index (Phi) is 5.25. The molecule has 1 N–H and O–H groups in total. The second kappa shape index (κ2) is 6.33. The van der Waals surface area contributed by atoms with Crippen molar-refractivity contribution >= 4 is 41.0 Å². The van der Waals surface area contributed by atoms with Crippen LogP contribution in [0.5, 0.6) is 0 Å². The van der Waals surface area contributed by atoms with Gasteiger partial charge >= 0.3 is 12.1 Å². The van der Waals surface area contributed by atoms with Crippen molar-refractivity contribution in [3.05, 3.63) is 27.7 Å². The van der Waals surface area contributed by atoms with Gasteiger partial charge in [0.1, 0.15) is 5.60 Å². The van der Waals surface area contributed by atoms with E-state index in [1.807, 2.05) is 0 Å². The average Bonchev–Trinajstić information content (AvgIpc) is 2.24. The van der Waals surface area contributed by atoms with Crippen molar-refractivity contribution in [3.8, 4) is 0 Å². The molecule has 7 heteroatoms. The lowest BCUT2D eigenvalue weighted by atomic mass is 10.2. The molecule has 1 aromatic carbocycles. The summed E-state index contributed by atoms with van der Waals surface area (Å²) in [5, 5.41) is 2.64. The molecule has 1 rings (SSSR count). The Morgan fingerprint density at radius 2 is 1.65 bits per heavy atom. The van der Waals surface area contributed by atoms with Crippen molar-refractivity contribution in [1.29, 1.82) is 0 Å². The number of benzene rings is 1. The predicted molar refractivity (Wildman–Crippen MR) is 77.7 cm³/mol. The summed E-state index contributed by atoms with van der Waals surface area (Å²) in [5.74, 6) is -0.649. The quantitative estimate of drug-likeness (QED) is 0.832. The number of hydrogen-bond donors (Lipinski definition) is 1. The predicted octanol–water partition coefficient (Wildman–Crippen LogP) is 4.13. The molecule has 0 radical (unpaired) electrons. The van der Waals surface area contributed by atoms with Crippen molar-refractivity contribution in [3.63, 3.8) is 0 Å². The summed E-state index contributed by atoms with van der Waals surface area (Å²) in [5.41, 5.74) is -0.253. The van der Waals surface area contributed by atoms with E-state index < -0.39 is 17.7 Å². The van der Waals surface area contributed by atoms with Crippen molar-refractivity contribution in [2.75, 3.05) is 12.4 Å². The topological polar surface area (TPSA) is 64.6 Å². The van der Waals surface area contributed by atoms with E-state index in [0.29, 0.717) is 5.69 Å². The number of hydrogen-bond acceptors (Lipinski definition) is 4. The first-order chi connectivity index (χ1) is 9.14. The van der Waals surface area contributed by atoms with E-state index in [9.17, 15) is 9.59 Å².